The van der Waals surface area contributed by atoms with Crippen LogP contribution >= 0.6 is 11.3 Å². The first-order valence-electron chi connectivity index (χ1n) is 9.01. The molecule has 142 valence electrons. The molecule has 0 aromatic carbocycles. The number of carbonyl (C=O) groups is 2. The molecule has 3 rings (SSSR count). The Labute approximate surface area is 156 Å². The number of hydrogen-bond donors (Lipinski definition) is 1. The van der Waals surface area contributed by atoms with Crippen molar-refractivity contribution in [3.8, 4) is 0 Å². The van der Waals surface area contributed by atoms with Gasteiger partial charge in [-0.05, 0) is 13.5 Å². The van der Waals surface area contributed by atoms with Crippen LogP contribution in [0.5, 0.6) is 0 Å². The molecule has 1 saturated heterocycles. The van der Waals surface area contributed by atoms with Gasteiger partial charge in [0, 0.05) is 52.0 Å². The number of piperazine rings is 1. The zero-order valence-corrected chi connectivity index (χ0v) is 16.1. The molecule has 1 aliphatic heterocycles. The molecule has 3 heterocycles. The van der Waals surface area contributed by atoms with Gasteiger partial charge < -0.3 is 15.1 Å². The van der Waals surface area contributed by atoms with E-state index in [-0.39, 0.29) is 11.8 Å². The molecule has 9 nitrogen and oxygen atoms in total. The summed E-state index contributed by atoms with van der Waals surface area (Å²) in [5, 5.41) is 16.0. The van der Waals surface area contributed by atoms with Crippen LogP contribution in [0.3, 0.4) is 0 Å². The molecule has 0 saturated carbocycles. The Morgan fingerprint density at radius 3 is 2.62 bits per heavy atom. The van der Waals surface area contributed by atoms with E-state index in [1.54, 1.807) is 4.52 Å². The minimum Gasteiger partial charge on any atom is -0.356 e. The van der Waals surface area contributed by atoms with Gasteiger partial charge in [-0.25, -0.2) is 0 Å². The number of carbonyl (C=O) groups excluding carboxylic acids is 2. The van der Waals surface area contributed by atoms with E-state index in [9.17, 15) is 9.59 Å². The molecule has 2 amide bonds. The van der Waals surface area contributed by atoms with Gasteiger partial charge in [-0.15, -0.1) is 10.2 Å². The molecule has 26 heavy (non-hydrogen) atoms. The maximum Gasteiger partial charge on any atom is 0.234 e. The number of amides is 2. The van der Waals surface area contributed by atoms with Crippen LogP contribution in [0.2, 0.25) is 0 Å². The number of aromatic nitrogens is 4. The average molecular weight is 379 g/mol. The number of hydrogen-bond acceptors (Lipinski definition) is 7. The van der Waals surface area contributed by atoms with Gasteiger partial charge >= 0.3 is 0 Å². The molecule has 1 N–H and O–H groups in total. The molecule has 1 aliphatic rings. The maximum atomic E-state index is 12.2. The van der Waals surface area contributed by atoms with Crippen molar-refractivity contribution in [2.75, 3.05) is 39.3 Å². The van der Waals surface area contributed by atoms with Crippen LogP contribution in [0.1, 0.15) is 30.6 Å². The summed E-state index contributed by atoms with van der Waals surface area (Å²) in [5.41, 5.74) is 0. The van der Waals surface area contributed by atoms with Gasteiger partial charge in [0.15, 0.2) is 5.82 Å². The van der Waals surface area contributed by atoms with Crippen LogP contribution in [0.25, 0.3) is 4.96 Å². The third kappa shape index (κ3) is 4.55. The summed E-state index contributed by atoms with van der Waals surface area (Å²) < 4.78 is 1.69. The van der Waals surface area contributed by atoms with E-state index in [4.69, 9.17) is 0 Å². The molecule has 0 bridgehead atoms. The summed E-state index contributed by atoms with van der Waals surface area (Å²) in [4.78, 5) is 29.1. The topological polar surface area (TPSA) is 95.7 Å². The molecule has 0 radical (unpaired) electrons. The summed E-state index contributed by atoms with van der Waals surface area (Å²) in [6.45, 7) is 8.81. The third-order valence-corrected chi connectivity index (χ3v) is 5.55. The van der Waals surface area contributed by atoms with E-state index in [1.807, 2.05) is 11.8 Å². The number of rotatable bonds is 7. The second-order valence-electron chi connectivity index (χ2n) is 6.35. The Kier molecular flexibility index (Phi) is 6.15. The van der Waals surface area contributed by atoms with Gasteiger partial charge in [0.25, 0.3) is 0 Å². The summed E-state index contributed by atoms with van der Waals surface area (Å²) in [7, 11) is 0. The van der Waals surface area contributed by atoms with Crippen molar-refractivity contribution in [3.05, 3.63) is 10.8 Å². The van der Waals surface area contributed by atoms with Gasteiger partial charge in [0.2, 0.25) is 16.8 Å². The lowest BCUT2D eigenvalue weighted by molar-refractivity contribution is -0.132. The van der Waals surface area contributed by atoms with Crippen molar-refractivity contribution in [1.29, 1.82) is 0 Å². The quantitative estimate of drug-likeness (QED) is 0.733. The fraction of sp³-hybridized carbons (Fsp3) is 0.688. The monoisotopic (exact) mass is 379 g/mol. The minimum atomic E-state index is -0.0590. The first kappa shape index (κ1) is 18.7. The lowest BCUT2D eigenvalue weighted by Crippen LogP contribution is -2.49. The molecule has 0 atom stereocenters. The van der Waals surface area contributed by atoms with E-state index in [2.05, 4.69) is 32.4 Å². The zero-order chi connectivity index (χ0) is 18.5. The van der Waals surface area contributed by atoms with Crippen LogP contribution in [0, 0.1) is 6.92 Å². The highest BCUT2D eigenvalue weighted by molar-refractivity contribution is 7.16. The predicted octanol–water partition coefficient (Wildman–Crippen LogP) is 0.0972. The highest BCUT2D eigenvalue weighted by Gasteiger charge is 2.19. The smallest absolute Gasteiger partial charge is 0.234 e. The van der Waals surface area contributed by atoms with Crippen molar-refractivity contribution in [2.45, 2.75) is 33.1 Å². The molecule has 2 aromatic rings. The molecular formula is C16H25N7O2S. The largest absolute Gasteiger partial charge is 0.356 e. The van der Waals surface area contributed by atoms with Crippen molar-refractivity contribution in [3.63, 3.8) is 0 Å². The molecule has 2 aromatic heterocycles. The Bertz CT molecular complexity index is 764. The Morgan fingerprint density at radius 1 is 1.15 bits per heavy atom. The van der Waals surface area contributed by atoms with Gasteiger partial charge in [-0.2, -0.15) is 9.61 Å². The van der Waals surface area contributed by atoms with Crippen LogP contribution in [-0.4, -0.2) is 80.7 Å². The van der Waals surface area contributed by atoms with Crippen molar-refractivity contribution in [2.24, 2.45) is 0 Å². The summed E-state index contributed by atoms with van der Waals surface area (Å²) >= 11 is 1.44. The van der Waals surface area contributed by atoms with Crippen molar-refractivity contribution >= 4 is 28.1 Å². The van der Waals surface area contributed by atoms with Gasteiger partial charge in [-0.1, -0.05) is 18.3 Å². The summed E-state index contributed by atoms with van der Waals surface area (Å²) in [6, 6.07) is 0. The molecular weight excluding hydrogens is 354 g/mol. The number of aryl methyl sites for hydroxylation is 2. The van der Waals surface area contributed by atoms with Crippen LogP contribution in [0.4, 0.5) is 0 Å². The molecule has 0 spiro atoms. The fourth-order valence-electron chi connectivity index (χ4n) is 2.94. The lowest BCUT2D eigenvalue weighted by atomic mass is 10.2. The highest BCUT2D eigenvalue weighted by atomic mass is 32.1. The van der Waals surface area contributed by atoms with Crippen LogP contribution in [-0.2, 0) is 16.0 Å². The molecule has 0 unspecified atom stereocenters. The Balaban J connectivity index is 1.34. The van der Waals surface area contributed by atoms with Crippen LogP contribution < -0.4 is 5.32 Å². The normalized spacial score (nSPS) is 15.5. The van der Waals surface area contributed by atoms with Crippen LogP contribution in [0.15, 0.2) is 0 Å². The first-order chi connectivity index (χ1) is 12.6. The van der Waals surface area contributed by atoms with Crippen molar-refractivity contribution < 1.29 is 9.59 Å². The predicted molar refractivity (Wildman–Crippen MR) is 98.0 cm³/mol. The second kappa shape index (κ2) is 8.54. The minimum absolute atomic E-state index is 0.0590. The van der Waals surface area contributed by atoms with E-state index >= 15 is 0 Å². The lowest BCUT2D eigenvalue weighted by Gasteiger charge is -2.34. The summed E-state index contributed by atoms with van der Waals surface area (Å²) in [6.07, 6.45) is 1.27. The average Bonchev–Trinajstić information content (AvgIpc) is 3.21. The number of nitrogens with one attached hydrogen (secondary N) is 1. The number of likely N-dealkylation sites (N-methyl/N-ethyl adjacent to an activating group) is 1. The standard InChI is InChI=1S/C16H25N7O2S/c1-3-21-8-10-22(11-9-21)15(25)6-7-17-13(24)4-5-14-20-23-12(2)18-19-16(23)26-14/h3-11H2,1-2H3,(H,17,24). The molecule has 0 aliphatic carbocycles. The Hall–Kier alpha value is -2.07. The maximum absolute atomic E-state index is 12.2. The van der Waals surface area contributed by atoms with E-state index in [0.717, 1.165) is 48.5 Å². The number of nitrogens with zero attached hydrogens (tertiary/aromatic N) is 6. The second-order valence-corrected chi connectivity index (χ2v) is 7.39. The van der Waals surface area contributed by atoms with E-state index < -0.39 is 0 Å². The van der Waals surface area contributed by atoms with E-state index in [0.29, 0.717) is 25.8 Å². The van der Waals surface area contributed by atoms with Gasteiger partial charge in [0.1, 0.15) is 5.01 Å². The SMILES string of the molecule is CCN1CCN(C(=O)CCNC(=O)CCc2nn3c(C)nnc3s2)CC1. The highest BCUT2D eigenvalue weighted by Crippen LogP contribution is 2.15. The molecule has 10 heteroatoms. The number of fused-ring (bicyclic) bond motifs is 1. The zero-order valence-electron chi connectivity index (χ0n) is 15.3. The van der Waals surface area contributed by atoms with Crippen molar-refractivity contribution in [1.82, 2.24) is 34.9 Å². The van der Waals surface area contributed by atoms with Gasteiger partial charge in [-0.3, -0.25) is 9.59 Å². The molecule has 1 fully saturated rings. The van der Waals surface area contributed by atoms with E-state index in [1.165, 1.54) is 11.3 Å². The van der Waals surface area contributed by atoms with Gasteiger partial charge in [0.05, 0.1) is 0 Å². The fourth-order valence-corrected chi connectivity index (χ4v) is 3.82. The summed E-state index contributed by atoms with van der Waals surface area (Å²) in [5.74, 6) is 0.798. The third-order valence-electron chi connectivity index (χ3n) is 4.59. The Morgan fingerprint density at radius 2 is 1.92 bits per heavy atom. The first-order valence-corrected chi connectivity index (χ1v) is 9.83.